The van der Waals surface area contributed by atoms with Gasteiger partial charge >= 0.3 is 5.91 Å². The summed E-state index contributed by atoms with van der Waals surface area (Å²) in [7, 11) is 1.56. The topological polar surface area (TPSA) is 79.7 Å². The molecule has 36 heavy (non-hydrogen) atoms. The molecule has 1 aliphatic rings. The number of aryl methyl sites for hydroxylation is 3. The maximum atomic E-state index is 13.5. The van der Waals surface area contributed by atoms with Crippen molar-refractivity contribution in [2.24, 2.45) is 0 Å². The molecule has 1 aromatic heterocycles. The lowest BCUT2D eigenvalue weighted by molar-refractivity contribution is -0.132. The molecule has 0 saturated carbocycles. The predicted molar refractivity (Wildman–Crippen MR) is 143 cm³/mol. The molecular formula is C28H23ClN2O4S. The van der Waals surface area contributed by atoms with Gasteiger partial charge in [-0.25, -0.2) is 4.98 Å². The molecule has 5 rings (SSSR count). The van der Waals surface area contributed by atoms with Gasteiger partial charge in [0, 0.05) is 10.6 Å². The molecule has 0 radical (unpaired) electrons. The number of amides is 1. The number of aromatic nitrogens is 1. The third-order valence-electron chi connectivity index (χ3n) is 6.32. The van der Waals surface area contributed by atoms with Crippen molar-refractivity contribution in [1.82, 2.24) is 4.98 Å². The van der Waals surface area contributed by atoms with Crippen LogP contribution in [0.15, 0.2) is 60.2 Å². The maximum Gasteiger partial charge on any atom is 0.301 e. The van der Waals surface area contributed by atoms with Crippen molar-refractivity contribution in [2.75, 3.05) is 12.0 Å². The number of thiazole rings is 1. The Morgan fingerprint density at radius 3 is 2.42 bits per heavy atom. The lowest BCUT2D eigenvalue weighted by Gasteiger charge is -2.23. The number of aliphatic hydroxyl groups excluding tert-OH is 1. The SMILES string of the molecule is COc1ccc(/C(O)=C2\C(=O)C(=O)N(c3nc4c(C)cc(C)cc4s3)C2c2ccc(Cl)cc2)cc1C. The molecule has 0 spiro atoms. The highest BCUT2D eigenvalue weighted by molar-refractivity contribution is 7.22. The van der Waals surface area contributed by atoms with Gasteiger partial charge < -0.3 is 9.84 Å². The van der Waals surface area contributed by atoms with E-state index in [0.29, 0.717) is 27.0 Å². The van der Waals surface area contributed by atoms with E-state index in [4.69, 9.17) is 21.3 Å². The first kappa shape index (κ1) is 24.0. The van der Waals surface area contributed by atoms with Crippen LogP contribution in [0.25, 0.3) is 16.0 Å². The summed E-state index contributed by atoms with van der Waals surface area (Å²) in [6.07, 6.45) is 0. The number of nitrogens with zero attached hydrogens (tertiary/aromatic N) is 2. The molecule has 3 aromatic carbocycles. The largest absolute Gasteiger partial charge is 0.507 e. The van der Waals surface area contributed by atoms with Crippen LogP contribution in [0.5, 0.6) is 5.75 Å². The third-order valence-corrected chi connectivity index (χ3v) is 7.58. The third kappa shape index (κ3) is 3.94. The number of Topliss-reactive ketones (excluding diaryl/α,β-unsaturated/α-hetero) is 1. The Kier molecular flexibility index (Phi) is 6.06. The number of hydrogen-bond acceptors (Lipinski definition) is 6. The molecule has 1 saturated heterocycles. The normalized spacial score (nSPS) is 17.2. The summed E-state index contributed by atoms with van der Waals surface area (Å²) in [6.45, 7) is 5.81. The van der Waals surface area contributed by atoms with Crippen LogP contribution < -0.4 is 9.64 Å². The van der Waals surface area contributed by atoms with Crippen LogP contribution in [-0.4, -0.2) is 28.9 Å². The number of hydrogen-bond donors (Lipinski definition) is 1. The average Bonchev–Trinajstić information content (AvgIpc) is 3.38. The lowest BCUT2D eigenvalue weighted by Crippen LogP contribution is -2.29. The fraction of sp³-hybridized carbons (Fsp3) is 0.179. The number of carbonyl (C=O) groups is 2. The predicted octanol–water partition coefficient (Wildman–Crippen LogP) is 6.51. The van der Waals surface area contributed by atoms with Crippen LogP contribution in [-0.2, 0) is 9.59 Å². The minimum atomic E-state index is -0.869. The molecule has 1 N–H and O–H groups in total. The second kappa shape index (κ2) is 9.08. The lowest BCUT2D eigenvalue weighted by atomic mass is 9.95. The van der Waals surface area contributed by atoms with Crippen LogP contribution in [0.2, 0.25) is 5.02 Å². The maximum absolute atomic E-state index is 13.5. The Bertz CT molecular complexity index is 1570. The summed E-state index contributed by atoms with van der Waals surface area (Å²) >= 11 is 7.47. The summed E-state index contributed by atoms with van der Waals surface area (Å²) in [5, 5.41) is 12.3. The quantitative estimate of drug-likeness (QED) is 0.189. The van der Waals surface area contributed by atoms with E-state index < -0.39 is 17.7 Å². The van der Waals surface area contributed by atoms with Crippen LogP contribution >= 0.6 is 22.9 Å². The van der Waals surface area contributed by atoms with Gasteiger partial charge in [0.25, 0.3) is 5.78 Å². The van der Waals surface area contributed by atoms with Gasteiger partial charge in [0.1, 0.15) is 11.5 Å². The van der Waals surface area contributed by atoms with E-state index in [-0.39, 0.29) is 11.3 Å². The Labute approximate surface area is 217 Å². The number of methoxy groups -OCH3 is 1. The second-order valence-electron chi connectivity index (χ2n) is 8.83. The Morgan fingerprint density at radius 2 is 1.75 bits per heavy atom. The van der Waals surface area contributed by atoms with E-state index in [9.17, 15) is 14.7 Å². The van der Waals surface area contributed by atoms with E-state index in [1.807, 2.05) is 32.9 Å². The molecule has 0 bridgehead atoms. The van der Waals surface area contributed by atoms with E-state index >= 15 is 0 Å². The first-order chi connectivity index (χ1) is 17.2. The molecule has 2 heterocycles. The van der Waals surface area contributed by atoms with Crippen molar-refractivity contribution in [3.8, 4) is 5.75 Å². The molecule has 1 atom stereocenters. The fourth-order valence-electron chi connectivity index (χ4n) is 4.63. The van der Waals surface area contributed by atoms with Crippen molar-refractivity contribution in [3.63, 3.8) is 0 Å². The molecule has 1 aliphatic heterocycles. The molecular weight excluding hydrogens is 496 g/mol. The van der Waals surface area contributed by atoms with Gasteiger partial charge in [-0.2, -0.15) is 0 Å². The number of ketones is 1. The van der Waals surface area contributed by atoms with Crippen LogP contribution in [0.3, 0.4) is 0 Å². The van der Waals surface area contributed by atoms with Gasteiger partial charge in [-0.1, -0.05) is 41.1 Å². The zero-order valence-corrected chi connectivity index (χ0v) is 21.7. The van der Waals surface area contributed by atoms with Gasteiger partial charge in [0.2, 0.25) is 0 Å². The van der Waals surface area contributed by atoms with Crippen molar-refractivity contribution < 1.29 is 19.4 Å². The standard InChI is InChI=1S/C28H23ClN2O4S/c1-14-11-16(3)23-21(12-14)36-28(30-23)31-24(17-5-8-19(29)9-6-17)22(26(33)27(31)34)25(32)18-7-10-20(35-4)15(2)13-18/h5-13,24,32H,1-4H3/b25-22+. The molecule has 8 heteroatoms. The Balaban J connectivity index is 1.73. The van der Waals surface area contributed by atoms with Crippen LogP contribution in [0, 0.1) is 20.8 Å². The number of halogens is 1. The van der Waals surface area contributed by atoms with Gasteiger partial charge in [0.05, 0.1) is 28.9 Å². The first-order valence-electron chi connectivity index (χ1n) is 11.3. The highest BCUT2D eigenvalue weighted by atomic mass is 35.5. The molecule has 1 amide bonds. The molecule has 0 aliphatic carbocycles. The van der Waals surface area contributed by atoms with Crippen molar-refractivity contribution in [3.05, 3.63) is 93.0 Å². The monoisotopic (exact) mass is 518 g/mol. The zero-order chi connectivity index (χ0) is 25.7. The smallest absolute Gasteiger partial charge is 0.301 e. The van der Waals surface area contributed by atoms with E-state index in [1.54, 1.807) is 49.6 Å². The number of aliphatic hydroxyl groups is 1. The average molecular weight is 519 g/mol. The Morgan fingerprint density at radius 1 is 1.03 bits per heavy atom. The van der Waals surface area contributed by atoms with Gasteiger partial charge in [0.15, 0.2) is 5.13 Å². The molecule has 6 nitrogen and oxygen atoms in total. The summed E-state index contributed by atoms with van der Waals surface area (Å²) < 4.78 is 6.24. The zero-order valence-electron chi connectivity index (χ0n) is 20.1. The highest BCUT2D eigenvalue weighted by Crippen LogP contribution is 2.45. The van der Waals surface area contributed by atoms with E-state index in [1.165, 1.54) is 16.2 Å². The van der Waals surface area contributed by atoms with Crippen LogP contribution in [0.1, 0.15) is 33.9 Å². The summed E-state index contributed by atoms with van der Waals surface area (Å²) in [5.41, 5.74) is 4.69. The summed E-state index contributed by atoms with van der Waals surface area (Å²) in [6, 6.07) is 15.2. The van der Waals surface area contributed by atoms with E-state index in [2.05, 4.69) is 0 Å². The van der Waals surface area contributed by atoms with Crippen molar-refractivity contribution >= 4 is 55.7 Å². The molecule has 182 valence electrons. The van der Waals surface area contributed by atoms with Gasteiger partial charge in [-0.05, 0) is 79.4 Å². The van der Waals surface area contributed by atoms with Crippen molar-refractivity contribution in [2.45, 2.75) is 26.8 Å². The fourth-order valence-corrected chi connectivity index (χ4v) is 5.93. The number of benzene rings is 3. The van der Waals surface area contributed by atoms with Gasteiger partial charge in [-0.3, -0.25) is 14.5 Å². The highest BCUT2D eigenvalue weighted by Gasteiger charge is 2.48. The van der Waals surface area contributed by atoms with E-state index in [0.717, 1.165) is 26.9 Å². The minimum absolute atomic E-state index is 0.000882. The number of fused-ring (bicyclic) bond motifs is 1. The number of anilines is 1. The van der Waals surface area contributed by atoms with Gasteiger partial charge in [-0.15, -0.1) is 0 Å². The molecule has 1 fully saturated rings. The summed E-state index contributed by atoms with van der Waals surface area (Å²) in [4.78, 5) is 33.0. The Hall–Kier alpha value is -3.68. The van der Waals surface area contributed by atoms with Crippen molar-refractivity contribution in [1.29, 1.82) is 0 Å². The van der Waals surface area contributed by atoms with Crippen LogP contribution in [0.4, 0.5) is 5.13 Å². The molecule has 1 unspecified atom stereocenters. The number of carbonyl (C=O) groups excluding carboxylic acids is 2. The number of rotatable bonds is 4. The second-order valence-corrected chi connectivity index (χ2v) is 10.3. The first-order valence-corrected chi connectivity index (χ1v) is 12.5. The summed E-state index contributed by atoms with van der Waals surface area (Å²) in [5.74, 6) is -1.11. The minimum Gasteiger partial charge on any atom is -0.507 e. The molecule has 4 aromatic rings. The number of ether oxygens (including phenoxy) is 1.